The molecule has 1 aliphatic heterocycles. The summed E-state index contributed by atoms with van der Waals surface area (Å²) in [5, 5.41) is 14.6. The van der Waals surface area contributed by atoms with Crippen LogP contribution in [0.15, 0.2) is 12.1 Å². The van der Waals surface area contributed by atoms with Crippen LogP contribution in [0.2, 0.25) is 10.0 Å². The summed E-state index contributed by atoms with van der Waals surface area (Å²) in [7, 11) is 0. The second kappa shape index (κ2) is 4.91. The number of benzene rings is 1. The largest absolute Gasteiger partial charge is 0.379 e. The molecule has 1 aromatic rings. The lowest BCUT2D eigenvalue weighted by Crippen LogP contribution is -2.35. The molecule has 0 bridgehead atoms. The molecule has 0 radical (unpaired) electrons. The number of nitro benzene ring substituents is 1. The monoisotopic (exact) mass is 290 g/mol. The van der Waals surface area contributed by atoms with E-state index in [0.717, 1.165) is 6.42 Å². The van der Waals surface area contributed by atoms with Gasteiger partial charge in [0.05, 0.1) is 27.1 Å². The molecule has 5 nitrogen and oxygen atoms in total. The van der Waals surface area contributed by atoms with Gasteiger partial charge in [0.25, 0.3) is 5.69 Å². The van der Waals surface area contributed by atoms with Crippen LogP contribution in [0.3, 0.4) is 0 Å². The SMILES string of the molecule is CC1(Nc2cc(Cl)c(Cl)cc2[N+](=O)[O-])CCOC1. The normalized spacial score (nSPS) is 23.1. The van der Waals surface area contributed by atoms with Gasteiger partial charge in [-0.2, -0.15) is 0 Å². The van der Waals surface area contributed by atoms with Crippen LogP contribution in [0.5, 0.6) is 0 Å². The molecule has 1 fully saturated rings. The van der Waals surface area contributed by atoms with E-state index in [1.165, 1.54) is 12.1 Å². The van der Waals surface area contributed by atoms with Crippen molar-refractivity contribution in [3.63, 3.8) is 0 Å². The van der Waals surface area contributed by atoms with E-state index >= 15 is 0 Å². The molecule has 0 aliphatic carbocycles. The third kappa shape index (κ3) is 2.68. The molecule has 98 valence electrons. The van der Waals surface area contributed by atoms with Crippen LogP contribution in [-0.4, -0.2) is 23.7 Å². The fourth-order valence-electron chi connectivity index (χ4n) is 1.88. The molecule has 1 atom stereocenters. The molecule has 0 spiro atoms. The van der Waals surface area contributed by atoms with Gasteiger partial charge in [-0.15, -0.1) is 0 Å². The third-order valence-corrected chi connectivity index (χ3v) is 3.61. The van der Waals surface area contributed by atoms with E-state index in [-0.39, 0.29) is 21.3 Å². The summed E-state index contributed by atoms with van der Waals surface area (Å²) < 4.78 is 5.30. The van der Waals surface area contributed by atoms with Gasteiger partial charge in [-0.25, -0.2) is 0 Å². The van der Waals surface area contributed by atoms with Gasteiger partial charge in [0, 0.05) is 12.7 Å². The second-order valence-electron chi connectivity index (χ2n) is 4.53. The summed E-state index contributed by atoms with van der Waals surface area (Å²) >= 11 is 11.7. The smallest absolute Gasteiger partial charge is 0.293 e. The van der Waals surface area contributed by atoms with Crippen LogP contribution in [0.4, 0.5) is 11.4 Å². The number of ether oxygens (including phenoxy) is 1. The number of nitro groups is 1. The fourth-order valence-corrected chi connectivity index (χ4v) is 2.20. The van der Waals surface area contributed by atoms with E-state index in [4.69, 9.17) is 27.9 Å². The van der Waals surface area contributed by atoms with Crippen molar-refractivity contribution in [3.05, 3.63) is 32.3 Å². The lowest BCUT2D eigenvalue weighted by Gasteiger charge is -2.24. The summed E-state index contributed by atoms with van der Waals surface area (Å²) in [6.45, 7) is 3.09. The van der Waals surface area contributed by atoms with Gasteiger partial charge < -0.3 is 10.1 Å². The molecule has 1 aliphatic rings. The highest BCUT2D eigenvalue weighted by molar-refractivity contribution is 6.42. The van der Waals surface area contributed by atoms with Crippen molar-refractivity contribution in [2.45, 2.75) is 18.9 Å². The minimum atomic E-state index is -0.482. The molecular formula is C11H12Cl2N2O3. The number of hydrogen-bond acceptors (Lipinski definition) is 4. The lowest BCUT2D eigenvalue weighted by atomic mass is 10.0. The van der Waals surface area contributed by atoms with Gasteiger partial charge in [0.2, 0.25) is 0 Å². The molecule has 1 N–H and O–H groups in total. The van der Waals surface area contributed by atoms with Crippen molar-refractivity contribution in [3.8, 4) is 0 Å². The van der Waals surface area contributed by atoms with Crippen molar-refractivity contribution >= 4 is 34.6 Å². The molecule has 0 aromatic heterocycles. The summed E-state index contributed by atoms with van der Waals surface area (Å²) in [6.07, 6.45) is 0.782. The van der Waals surface area contributed by atoms with Gasteiger partial charge in [0.15, 0.2) is 0 Å². The average molecular weight is 291 g/mol. The number of halogens is 2. The van der Waals surface area contributed by atoms with Gasteiger partial charge in [-0.1, -0.05) is 23.2 Å². The Morgan fingerprint density at radius 2 is 2.11 bits per heavy atom. The third-order valence-electron chi connectivity index (χ3n) is 2.89. The number of hydrogen-bond donors (Lipinski definition) is 1. The minimum Gasteiger partial charge on any atom is -0.379 e. The zero-order valence-electron chi connectivity index (χ0n) is 9.70. The Kier molecular flexibility index (Phi) is 3.66. The summed E-state index contributed by atoms with van der Waals surface area (Å²) in [5.74, 6) is 0. The summed E-state index contributed by atoms with van der Waals surface area (Å²) in [5.41, 5.74) is -0.0398. The van der Waals surface area contributed by atoms with E-state index in [9.17, 15) is 10.1 Å². The zero-order valence-corrected chi connectivity index (χ0v) is 11.2. The predicted molar refractivity (Wildman–Crippen MR) is 70.6 cm³/mol. The Morgan fingerprint density at radius 3 is 2.67 bits per heavy atom. The van der Waals surface area contributed by atoms with Crippen LogP contribution in [0.25, 0.3) is 0 Å². The van der Waals surface area contributed by atoms with Gasteiger partial charge in [-0.3, -0.25) is 10.1 Å². The quantitative estimate of drug-likeness (QED) is 0.684. The Balaban J connectivity index is 2.36. The van der Waals surface area contributed by atoms with Gasteiger partial charge in [0.1, 0.15) is 5.69 Å². The topological polar surface area (TPSA) is 64.4 Å². The average Bonchev–Trinajstić information content (AvgIpc) is 2.69. The van der Waals surface area contributed by atoms with Crippen LogP contribution in [0.1, 0.15) is 13.3 Å². The van der Waals surface area contributed by atoms with Crippen molar-refractivity contribution < 1.29 is 9.66 Å². The molecule has 2 rings (SSSR count). The fraction of sp³-hybridized carbons (Fsp3) is 0.455. The van der Waals surface area contributed by atoms with Crippen molar-refractivity contribution in [2.75, 3.05) is 18.5 Å². The summed E-state index contributed by atoms with van der Waals surface area (Å²) in [6, 6.07) is 2.73. The van der Waals surface area contributed by atoms with E-state index in [0.29, 0.717) is 18.9 Å². The van der Waals surface area contributed by atoms with Crippen molar-refractivity contribution in [1.82, 2.24) is 0 Å². The molecule has 0 amide bonds. The lowest BCUT2D eigenvalue weighted by molar-refractivity contribution is -0.384. The minimum absolute atomic E-state index is 0.0856. The van der Waals surface area contributed by atoms with E-state index < -0.39 is 4.92 Å². The maximum absolute atomic E-state index is 11.0. The first-order valence-electron chi connectivity index (χ1n) is 5.41. The first kappa shape index (κ1) is 13.4. The van der Waals surface area contributed by atoms with Crippen molar-refractivity contribution in [2.24, 2.45) is 0 Å². The first-order valence-corrected chi connectivity index (χ1v) is 6.16. The maximum Gasteiger partial charge on any atom is 0.293 e. The molecule has 18 heavy (non-hydrogen) atoms. The van der Waals surface area contributed by atoms with Crippen molar-refractivity contribution in [1.29, 1.82) is 0 Å². The number of nitrogens with one attached hydrogen (secondary N) is 1. The van der Waals surface area contributed by atoms with Crippen LogP contribution in [0, 0.1) is 10.1 Å². The Hall–Kier alpha value is -1.04. The van der Waals surface area contributed by atoms with Crippen LogP contribution >= 0.6 is 23.2 Å². The Morgan fingerprint density at radius 1 is 1.44 bits per heavy atom. The second-order valence-corrected chi connectivity index (χ2v) is 5.34. The Bertz CT molecular complexity index is 487. The van der Waals surface area contributed by atoms with Gasteiger partial charge in [-0.05, 0) is 19.4 Å². The van der Waals surface area contributed by atoms with Crippen LogP contribution < -0.4 is 5.32 Å². The zero-order chi connectivity index (χ0) is 13.3. The number of rotatable bonds is 3. The predicted octanol–water partition coefficient (Wildman–Crippen LogP) is 3.49. The maximum atomic E-state index is 11.0. The molecular weight excluding hydrogens is 279 g/mol. The number of nitrogens with zero attached hydrogens (tertiary/aromatic N) is 1. The van der Waals surface area contributed by atoms with E-state index in [2.05, 4.69) is 5.32 Å². The van der Waals surface area contributed by atoms with Crippen LogP contribution in [-0.2, 0) is 4.74 Å². The summed E-state index contributed by atoms with van der Waals surface area (Å²) in [4.78, 5) is 10.5. The molecule has 1 aromatic carbocycles. The first-order chi connectivity index (χ1) is 8.41. The Labute approximate surface area is 114 Å². The van der Waals surface area contributed by atoms with E-state index in [1.54, 1.807) is 0 Å². The molecule has 7 heteroatoms. The highest BCUT2D eigenvalue weighted by Gasteiger charge is 2.32. The van der Waals surface area contributed by atoms with E-state index in [1.807, 2.05) is 6.92 Å². The molecule has 1 heterocycles. The standard InChI is InChI=1S/C11H12Cl2N2O3/c1-11(2-3-18-6-11)14-9-4-7(12)8(13)5-10(9)15(16)17/h4-5,14H,2-3,6H2,1H3. The molecule has 1 unspecified atom stereocenters. The highest BCUT2D eigenvalue weighted by atomic mass is 35.5. The number of anilines is 1. The van der Waals surface area contributed by atoms with Gasteiger partial charge >= 0.3 is 0 Å². The molecule has 1 saturated heterocycles. The molecule has 0 saturated carbocycles. The highest BCUT2D eigenvalue weighted by Crippen LogP contribution is 2.36.